The number of nitrogens with zero attached hydrogens (tertiary/aromatic N) is 2. The van der Waals surface area contributed by atoms with Gasteiger partial charge in [-0.25, -0.2) is 4.79 Å². The summed E-state index contributed by atoms with van der Waals surface area (Å²) in [6.07, 6.45) is -0.189. The highest BCUT2D eigenvalue weighted by atomic mass is 16.6. The highest BCUT2D eigenvalue weighted by Gasteiger charge is 2.43. The van der Waals surface area contributed by atoms with Gasteiger partial charge in [-0.3, -0.25) is 24.6 Å². The number of carbonyl (C=O) groups excluding carboxylic acids is 3. The fourth-order valence-corrected chi connectivity index (χ4v) is 3.07. The number of ether oxygens (including phenoxy) is 1. The predicted octanol–water partition coefficient (Wildman–Crippen LogP) is 2.07. The molecule has 0 saturated heterocycles. The molecule has 2 aromatic rings. The van der Waals surface area contributed by atoms with Crippen LogP contribution in [0, 0.1) is 10.1 Å². The standard InChI is InChI=1S/C19H16N2O7/c1-2-28-19(25)15(10-11-7-8-16(22)14(9-11)21(26)27)20-17(23)12-5-3-4-6-13(12)18(20)24/h3-9,15,22H,2,10H2,1H3/t15-/m0/s1. The Bertz CT molecular complexity index is 951. The number of amides is 2. The van der Waals surface area contributed by atoms with E-state index in [0.29, 0.717) is 5.56 Å². The number of fused-ring (bicyclic) bond motifs is 1. The van der Waals surface area contributed by atoms with Crippen LogP contribution >= 0.6 is 0 Å². The average molecular weight is 384 g/mol. The quantitative estimate of drug-likeness (QED) is 0.349. The van der Waals surface area contributed by atoms with E-state index in [1.54, 1.807) is 19.1 Å². The zero-order valence-corrected chi connectivity index (χ0v) is 14.8. The number of aromatic hydroxyl groups is 1. The molecular formula is C19H16N2O7. The summed E-state index contributed by atoms with van der Waals surface area (Å²) in [4.78, 5) is 49.1. The normalized spacial score (nSPS) is 14.0. The molecule has 28 heavy (non-hydrogen) atoms. The van der Waals surface area contributed by atoms with Gasteiger partial charge in [0.2, 0.25) is 0 Å². The number of imide groups is 1. The predicted molar refractivity (Wildman–Crippen MR) is 95.8 cm³/mol. The largest absolute Gasteiger partial charge is 0.502 e. The maximum absolute atomic E-state index is 12.7. The SMILES string of the molecule is CCOC(=O)[C@H](Cc1ccc(O)c([N+](=O)[O-])c1)N1C(=O)c2ccccc2C1=O. The maximum Gasteiger partial charge on any atom is 0.329 e. The van der Waals surface area contributed by atoms with Crippen LogP contribution in [0.4, 0.5) is 5.69 Å². The summed E-state index contributed by atoms with van der Waals surface area (Å²) in [6.45, 7) is 1.62. The van der Waals surface area contributed by atoms with Gasteiger partial charge >= 0.3 is 11.7 Å². The van der Waals surface area contributed by atoms with Crippen LogP contribution in [0.5, 0.6) is 5.75 Å². The van der Waals surface area contributed by atoms with Crippen molar-refractivity contribution in [3.8, 4) is 5.75 Å². The van der Waals surface area contributed by atoms with Crippen LogP contribution in [0.1, 0.15) is 33.2 Å². The zero-order chi connectivity index (χ0) is 20.4. The van der Waals surface area contributed by atoms with E-state index in [1.807, 2.05) is 0 Å². The van der Waals surface area contributed by atoms with Crippen molar-refractivity contribution in [1.29, 1.82) is 0 Å². The van der Waals surface area contributed by atoms with Crippen LogP contribution in [-0.4, -0.2) is 45.4 Å². The van der Waals surface area contributed by atoms with E-state index in [2.05, 4.69) is 0 Å². The van der Waals surface area contributed by atoms with Gasteiger partial charge < -0.3 is 9.84 Å². The molecule has 0 aliphatic carbocycles. The van der Waals surface area contributed by atoms with Gasteiger partial charge in [0, 0.05) is 12.5 Å². The summed E-state index contributed by atoms with van der Waals surface area (Å²) in [5, 5.41) is 20.6. The third-order valence-electron chi connectivity index (χ3n) is 4.36. The van der Waals surface area contributed by atoms with E-state index in [0.717, 1.165) is 17.0 Å². The molecule has 9 nitrogen and oxygen atoms in total. The summed E-state index contributed by atoms with van der Waals surface area (Å²) in [5.74, 6) is -2.59. The minimum atomic E-state index is -1.29. The van der Waals surface area contributed by atoms with Gasteiger partial charge in [0.25, 0.3) is 11.8 Å². The van der Waals surface area contributed by atoms with Crippen LogP contribution in [-0.2, 0) is 16.0 Å². The number of phenols is 1. The van der Waals surface area contributed by atoms with Gasteiger partial charge in [0.05, 0.1) is 22.7 Å². The molecule has 0 fully saturated rings. The van der Waals surface area contributed by atoms with Crippen LogP contribution < -0.4 is 0 Å². The fraction of sp³-hybridized carbons (Fsp3) is 0.211. The first-order chi connectivity index (χ1) is 13.3. The second-order valence-electron chi connectivity index (χ2n) is 6.08. The van der Waals surface area contributed by atoms with Gasteiger partial charge in [-0.15, -0.1) is 0 Å². The molecule has 1 aliphatic rings. The van der Waals surface area contributed by atoms with Crippen molar-refractivity contribution >= 4 is 23.5 Å². The van der Waals surface area contributed by atoms with Crippen molar-refractivity contribution in [2.24, 2.45) is 0 Å². The van der Waals surface area contributed by atoms with Crippen molar-refractivity contribution in [3.05, 3.63) is 69.3 Å². The van der Waals surface area contributed by atoms with Crippen LogP contribution in [0.25, 0.3) is 0 Å². The smallest absolute Gasteiger partial charge is 0.329 e. The molecule has 0 unspecified atom stereocenters. The van der Waals surface area contributed by atoms with E-state index >= 15 is 0 Å². The monoisotopic (exact) mass is 384 g/mol. The molecule has 1 heterocycles. The Morgan fingerprint density at radius 2 is 1.79 bits per heavy atom. The molecular weight excluding hydrogens is 368 g/mol. The second-order valence-corrected chi connectivity index (χ2v) is 6.08. The van der Waals surface area contributed by atoms with Gasteiger partial charge in [0.1, 0.15) is 6.04 Å². The molecule has 1 N–H and O–H groups in total. The van der Waals surface area contributed by atoms with Crippen molar-refractivity contribution in [1.82, 2.24) is 4.90 Å². The summed E-state index contributed by atoms with van der Waals surface area (Å²) in [5.41, 5.74) is 0.110. The topological polar surface area (TPSA) is 127 Å². The Hall–Kier alpha value is -3.75. The molecule has 3 rings (SSSR count). The molecule has 0 aromatic heterocycles. The molecule has 1 aliphatic heterocycles. The number of phenolic OH excluding ortho intramolecular Hbond substituents is 1. The molecule has 0 spiro atoms. The molecule has 2 amide bonds. The third kappa shape index (κ3) is 3.29. The number of hydrogen-bond donors (Lipinski definition) is 1. The Kier molecular flexibility index (Phi) is 5.08. The number of esters is 1. The molecule has 144 valence electrons. The van der Waals surface area contributed by atoms with Crippen LogP contribution in [0.3, 0.4) is 0 Å². The van der Waals surface area contributed by atoms with Crippen molar-refractivity contribution in [3.63, 3.8) is 0 Å². The van der Waals surface area contributed by atoms with Crippen molar-refractivity contribution in [2.75, 3.05) is 6.61 Å². The maximum atomic E-state index is 12.7. The summed E-state index contributed by atoms with van der Waals surface area (Å²) in [6, 6.07) is 8.50. The number of nitro groups is 1. The third-order valence-corrected chi connectivity index (χ3v) is 4.36. The van der Waals surface area contributed by atoms with Crippen LogP contribution in [0.15, 0.2) is 42.5 Å². The summed E-state index contributed by atoms with van der Waals surface area (Å²) < 4.78 is 5.02. The number of hydrogen-bond acceptors (Lipinski definition) is 7. The molecule has 0 bridgehead atoms. The molecule has 2 aromatic carbocycles. The Morgan fingerprint density at radius 1 is 1.18 bits per heavy atom. The first-order valence-electron chi connectivity index (χ1n) is 8.45. The van der Waals surface area contributed by atoms with E-state index in [1.165, 1.54) is 18.2 Å². The molecule has 9 heteroatoms. The number of carbonyl (C=O) groups is 3. The first kappa shape index (κ1) is 19.0. The summed E-state index contributed by atoms with van der Waals surface area (Å²) >= 11 is 0. The average Bonchev–Trinajstić information content (AvgIpc) is 2.92. The fourth-order valence-electron chi connectivity index (χ4n) is 3.07. The van der Waals surface area contributed by atoms with E-state index in [-0.39, 0.29) is 24.2 Å². The van der Waals surface area contributed by atoms with Gasteiger partial charge in [-0.05, 0) is 30.7 Å². The van der Waals surface area contributed by atoms with E-state index in [9.17, 15) is 29.6 Å². The van der Waals surface area contributed by atoms with E-state index < -0.39 is 40.2 Å². The summed E-state index contributed by atoms with van der Waals surface area (Å²) in [7, 11) is 0. The van der Waals surface area contributed by atoms with Gasteiger partial charge in [0.15, 0.2) is 5.75 Å². The first-order valence-corrected chi connectivity index (χ1v) is 8.45. The number of rotatable bonds is 6. The van der Waals surface area contributed by atoms with Gasteiger partial charge in [-0.2, -0.15) is 0 Å². The minimum Gasteiger partial charge on any atom is -0.502 e. The highest BCUT2D eigenvalue weighted by molar-refractivity contribution is 6.22. The molecule has 0 radical (unpaired) electrons. The lowest BCUT2D eigenvalue weighted by Crippen LogP contribution is -2.47. The lowest BCUT2D eigenvalue weighted by Gasteiger charge is -2.24. The van der Waals surface area contributed by atoms with Crippen LogP contribution in [0.2, 0.25) is 0 Å². The Labute approximate surface area is 159 Å². The molecule has 0 saturated carbocycles. The number of nitro benzene ring substituents is 1. The zero-order valence-electron chi connectivity index (χ0n) is 14.8. The van der Waals surface area contributed by atoms with Crippen molar-refractivity contribution < 1.29 is 29.2 Å². The van der Waals surface area contributed by atoms with Crippen molar-refractivity contribution in [2.45, 2.75) is 19.4 Å². The van der Waals surface area contributed by atoms with E-state index in [4.69, 9.17) is 4.74 Å². The number of benzene rings is 2. The lowest BCUT2D eigenvalue weighted by atomic mass is 10.0. The Balaban J connectivity index is 1.99. The van der Waals surface area contributed by atoms with Gasteiger partial charge in [-0.1, -0.05) is 18.2 Å². The lowest BCUT2D eigenvalue weighted by molar-refractivity contribution is -0.385. The highest BCUT2D eigenvalue weighted by Crippen LogP contribution is 2.30. The second kappa shape index (κ2) is 7.47. The Morgan fingerprint density at radius 3 is 2.32 bits per heavy atom. The molecule has 1 atom stereocenters. The minimum absolute atomic E-state index is 0.0359.